The average Bonchev–Trinajstić information content (AvgIpc) is 2.57. The normalized spacial score (nSPS) is 14.9. The van der Waals surface area contributed by atoms with E-state index in [0.29, 0.717) is 0 Å². The highest BCUT2D eigenvalue weighted by Crippen LogP contribution is 2.28. The summed E-state index contributed by atoms with van der Waals surface area (Å²) in [5.74, 6) is 0. The summed E-state index contributed by atoms with van der Waals surface area (Å²) in [7, 11) is 0. The number of nitrogens with one attached hydrogen (secondary N) is 2. The van der Waals surface area contributed by atoms with Crippen molar-refractivity contribution in [3.05, 3.63) is 72.1 Å². The van der Waals surface area contributed by atoms with E-state index in [1.807, 2.05) is 88.4 Å². The molecule has 1 aliphatic rings. The van der Waals surface area contributed by atoms with Crippen molar-refractivity contribution in [2.75, 3.05) is 10.6 Å². The van der Waals surface area contributed by atoms with Gasteiger partial charge in [-0.25, -0.2) is 0 Å². The Kier molecular flexibility index (Phi) is 5.32. The van der Waals surface area contributed by atoms with Crippen molar-refractivity contribution >= 4 is 34.2 Å². The van der Waals surface area contributed by atoms with Crippen molar-refractivity contribution in [2.24, 2.45) is 9.98 Å². The Morgan fingerprint density at radius 2 is 0.962 bits per heavy atom. The van der Waals surface area contributed by atoms with Crippen molar-refractivity contribution in [2.45, 2.75) is 27.7 Å². The number of fused-ring (bicyclic) bond motifs is 2. The molecule has 0 aromatic heterocycles. The van der Waals surface area contributed by atoms with E-state index in [-0.39, 0.29) is 0 Å². The van der Waals surface area contributed by atoms with Crippen molar-refractivity contribution in [1.29, 1.82) is 0 Å². The van der Waals surface area contributed by atoms with E-state index >= 15 is 0 Å². The lowest BCUT2D eigenvalue weighted by Gasteiger charge is -2.13. The van der Waals surface area contributed by atoms with Crippen LogP contribution in [0.5, 0.6) is 0 Å². The van der Waals surface area contributed by atoms with Crippen LogP contribution in [-0.4, -0.2) is 11.4 Å². The maximum atomic E-state index is 4.77. The molecule has 0 saturated heterocycles. The lowest BCUT2D eigenvalue weighted by atomic mass is 10.2. The zero-order valence-corrected chi connectivity index (χ0v) is 15.7. The van der Waals surface area contributed by atoms with Gasteiger partial charge in [0.05, 0.1) is 22.7 Å². The Labute approximate surface area is 155 Å². The van der Waals surface area contributed by atoms with Gasteiger partial charge in [0.2, 0.25) is 0 Å². The van der Waals surface area contributed by atoms with Crippen LogP contribution in [0.25, 0.3) is 0 Å². The molecule has 0 fully saturated rings. The van der Waals surface area contributed by atoms with Crippen LogP contribution in [0.15, 0.2) is 82.1 Å². The number of rotatable bonds is 0. The summed E-state index contributed by atoms with van der Waals surface area (Å²) in [6.45, 7) is 8.08. The fourth-order valence-electron chi connectivity index (χ4n) is 2.92. The highest BCUT2D eigenvalue weighted by atomic mass is 14.9. The molecule has 132 valence electrons. The van der Waals surface area contributed by atoms with Crippen LogP contribution in [0, 0.1) is 0 Å². The summed E-state index contributed by atoms with van der Waals surface area (Å²) in [5, 5.41) is 6.87. The smallest absolute Gasteiger partial charge is 0.0867 e. The van der Waals surface area contributed by atoms with Gasteiger partial charge in [-0.3, -0.25) is 9.98 Å². The standard InChI is InChI=1S/C22H24N4/c1-15-13-16(2)24-21-11-7-8-12-22(21)26-18(4)14-17(3)25-20-10-6-5-9-19(20)23-15/h5-14,23,26H,1-4H3. The number of aliphatic imine (C=N–C) groups is 2. The van der Waals surface area contributed by atoms with Gasteiger partial charge in [-0.2, -0.15) is 0 Å². The number of hydrogen-bond donors (Lipinski definition) is 2. The van der Waals surface area contributed by atoms with E-state index in [0.717, 1.165) is 45.6 Å². The quantitative estimate of drug-likeness (QED) is 0.596. The number of benzene rings is 2. The molecule has 4 nitrogen and oxygen atoms in total. The highest BCUT2D eigenvalue weighted by molar-refractivity contribution is 5.98. The van der Waals surface area contributed by atoms with Gasteiger partial charge < -0.3 is 10.6 Å². The summed E-state index contributed by atoms with van der Waals surface area (Å²) in [4.78, 5) is 9.54. The summed E-state index contributed by atoms with van der Waals surface area (Å²) >= 11 is 0. The second-order valence-corrected chi connectivity index (χ2v) is 6.45. The second kappa shape index (κ2) is 7.83. The molecule has 0 saturated carbocycles. The van der Waals surface area contributed by atoms with Gasteiger partial charge in [0.15, 0.2) is 0 Å². The van der Waals surface area contributed by atoms with Crippen molar-refractivity contribution < 1.29 is 0 Å². The number of nitrogens with zero attached hydrogens (tertiary/aromatic N) is 2. The Morgan fingerprint density at radius 1 is 0.577 bits per heavy atom. The summed E-state index contributed by atoms with van der Waals surface area (Å²) in [5.41, 5.74) is 7.67. The first-order chi connectivity index (χ1) is 12.5. The first-order valence-electron chi connectivity index (χ1n) is 8.70. The molecule has 2 aromatic rings. The van der Waals surface area contributed by atoms with Gasteiger partial charge in [-0.05, 0) is 64.1 Å². The minimum absolute atomic E-state index is 0.911. The van der Waals surface area contributed by atoms with Crippen LogP contribution < -0.4 is 10.6 Å². The molecule has 3 rings (SSSR count). The van der Waals surface area contributed by atoms with E-state index in [1.165, 1.54) is 0 Å². The molecule has 1 aliphatic heterocycles. The van der Waals surface area contributed by atoms with Gasteiger partial charge in [-0.15, -0.1) is 0 Å². The molecule has 1 heterocycles. The van der Waals surface area contributed by atoms with Crippen molar-refractivity contribution in [1.82, 2.24) is 0 Å². The molecule has 0 bridgehead atoms. The lowest BCUT2D eigenvalue weighted by molar-refractivity contribution is 1.34. The van der Waals surface area contributed by atoms with Crippen LogP contribution in [0.2, 0.25) is 0 Å². The van der Waals surface area contributed by atoms with E-state index < -0.39 is 0 Å². The first-order valence-corrected chi connectivity index (χ1v) is 8.70. The van der Waals surface area contributed by atoms with Crippen LogP contribution in [0.1, 0.15) is 27.7 Å². The number of allylic oxidation sites excluding steroid dienone is 4. The largest absolute Gasteiger partial charge is 0.357 e. The minimum atomic E-state index is 0.911. The predicted octanol–water partition coefficient (Wildman–Crippen LogP) is 6.22. The second-order valence-electron chi connectivity index (χ2n) is 6.45. The fraction of sp³-hybridized carbons (Fsp3) is 0.182. The summed E-state index contributed by atoms with van der Waals surface area (Å²) in [6, 6.07) is 16.1. The molecule has 0 atom stereocenters. The number of para-hydroxylation sites is 4. The molecular weight excluding hydrogens is 320 g/mol. The molecule has 26 heavy (non-hydrogen) atoms. The molecular formula is C22H24N4. The third kappa shape index (κ3) is 4.48. The van der Waals surface area contributed by atoms with Crippen molar-refractivity contribution in [3.63, 3.8) is 0 Å². The Hall–Kier alpha value is -3.14. The van der Waals surface area contributed by atoms with Crippen molar-refractivity contribution in [3.8, 4) is 0 Å². The van der Waals surface area contributed by atoms with Gasteiger partial charge in [0.25, 0.3) is 0 Å². The maximum Gasteiger partial charge on any atom is 0.0867 e. The molecule has 2 aromatic carbocycles. The molecule has 0 spiro atoms. The van der Waals surface area contributed by atoms with E-state index in [2.05, 4.69) is 10.6 Å². The van der Waals surface area contributed by atoms with Gasteiger partial charge in [0.1, 0.15) is 0 Å². The Morgan fingerprint density at radius 3 is 1.38 bits per heavy atom. The van der Waals surface area contributed by atoms with Crippen LogP contribution in [0.3, 0.4) is 0 Å². The topological polar surface area (TPSA) is 48.8 Å². The van der Waals surface area contributed by atoms with Gasteiger partial charge in [-0.1, -0.05) is 24.3 Å². The van der Waals surface area contributed by atoms with E-state index in [1.54, 1.807) is 0 Å². The summed E-state index contributed by atoms with van der Waals surface area (Å²) < 4.78 is 0. The molecule has 0 amide bonds. The van der Waals surface area contributed by atoms with Gasteiger partial charge >= 0.3 is 0 Å². The zero-order valence-electron chi connectivity index (χ0n) is 15.7. The van der Waals surface area contributed by atoms with E-state index in [4.69, 9.17) is 9.98 Å². The first kappa shape index (κ1) is 17.7. The molecule has 0 aliphatic carbocycles. The zero-order chi connectivity index (χ0) is 18.5. The third-order valence-electron chi connectivity index (χ3n) is 3.92. The van der Waals surface area contributed by atoms with Crippen LogP contribution in [0.4, 0.5) is 22.7 Å². The Bertz CT molecular complexity index is 855. The molecule has 0 radical (unpaired) electrons. The van der Waals surface area contributed by atoms with E-state index in [9.17, 15) is 0 Å². The van der Waals surface area contributed by atoms with Gasteiger partial charge in [0, 0.05) is 22.8 Å². The SMILES string of the molecule is CC1=CC(C)=Nc2ccccc2NC(C)=CC(C)=Nc2ccccc2N1. The average molecular weight is 344 g/mol. The molecule has 0 unspecified atom stereocenters. The minimum Gasteiger partial charge on any atom is -0.357 e. The fourth-order valence-corrected chi connectivity index (χ4v) is 2.92. The summed E-state index contributed by atoms with van der Waals surface area (Å²) in [6.07, 6.45) is 4.08. The maximum absolute atomic E-state index is 4.77. The lowest BCUT2D eigenvalue weighted by Crippen LogP contribution is -2.02. The predicted molar refractivity (Wildman–Crippen MR) is 113 cm³/mol. The third-order valence-corrected chi connectivity index (χ3v) is 3.92. The molecule has 4 heteroatoms. The monoisotopic (exact) mass is 344 g/mol. The number of hydrogen-bond acceptors (Lipinski definition) is 4. The Balaban J connectivity index is 2.13. The molecule has 2 N–H and O–H groups in total. The highest BCUT2D eigenvalue weighted by Gasteiger charge is 2.05. The number of anilines is 2. The van der Waals surface area contributed by atoms with Crippen LogP contribution >= 0.6 is 0 Å². The van der Waals surface area contributed by atoms with Crippen LogP contribution in [-0.2, 0) is 0 Å².